The molecule has 1 atom stereocenters. The number of thioether (sulfide) groups is 1. The zero-order valence-electron chi connectivity index (χ0n) is 16.4. The van der Waals surface area contributed by atoms with Crippen molar-refractivity contribution in [1.82, 2.24) is 15.5 Å². The van der Waals surface area contributed by atoms with Gasteiger partial charge in [-0.15, -0.1) is 10.2 Å². The van der Waals surface area contributed by atoms with E-state index in [1.165, 1.54) is 23.1 Å². The lowest BCUT2D eigenvalue weighted by Crippen LogP contribution is -2.27. The van der Waals surface area contributed by atoms with Crippen molar-refractivity contribution in [2.75, 3.05) is 18.2 Å². The Morgan fingerprint density at radius 2 is 2.07 bits per heavy atom. The van der Waals surface area contributed by atoms with Gasteiger partial charge in [-0.25, -0.2) is 0 Å². The number of furan rings is 1. The van der Waals surface area contributed by atoms with Crippen molar-refractivity contribution in [2.45, 2.75) is 17.3 Å². The largest absolute Gasteiger partial charge is 0.497 e. The zero-order chi connectivity index (χ0) is 20.9. The number of carbonyl (C=O) groups is 1. The highest BCUT2D eigenvalue weighted by Crippen LogP contribution is 2.29. The minimum atomic E-state index is -0.217. The van der Waals surface area contributed by atoms with E-state index in [-0.39, 0.29) is 17.7 Å². The molecule has 4 rings (SSSR count). The molecule has 2 heterocycles. The number of ether oxygens (including phenoxy) is 1. The number of methoxy groups -OCH3 is 1. The first-order valence-electron chi connectivity index (χ1n) is 9.26. The molecular formula is C21H20N4O3S2. The van der Waals surface area contributed by atoms with Gasteiger partial charge in [0.15, 0.2) is 4.34 Å². The van der Waals surface area contributed by atoms with Crippen LogP contribution in [-0.2, 0) is 4.79 Å². The summed E-state index contributed by atoms with van der Waals surface area (Å²) < 4.78 is 11.7. The molecule has 2 aromatic carbocycles. The number of nitrogens with one attached hydrogen (secondary N) is 2. The van der Waals surface area contributed by atoms with Crippen LogP contribution >= 0.6 is 23.1 Å². The van der Waals surface area contributed by atoms with Gasteiger partial charge in [0.05, 0.1) is 18.9 Å². The van der Waals surface area contributed by atoms with Crippen LogP contribution in [0.25, 0.3) is 11.0 Å². The van der Waals surface area contributed by atoms with E-state index in [0.29, 0.717) is 9.47 Å². The highest BCUT2D eigenvalue weighted by Gasteiger charge is 2.15. The number of rotatable bonds is 8. The first-order chi connectivity index (χ1) is 14.6. The fraction of sp³-hybridized carbons (Fsp3) is 0.190. The van der Waals surface area contributed by atoms with E-state index in [2.05, 4.69) is 20.8 Å². The number of hydrogen-bond donors (Lipinski definition) is 2. The summed E-state index contributed by atoms with van der Waals surface area (Å²) in [4.78, 5) is 12.3. The second-order valence-electron chi connectivity index (χ2n) is 6.49. The molecule has 9 heteroatoms. The minimum Gasteiger partial charge on any atom is -0.497 e. The summed E-state index contributed by atoms with van der Waals surface area (Å²) in [6, 6.07) is 17.1. The highest BCUT2D eigenvalue weighted by atomic mass is 32.2. The van der Waals surface area contributed by atoms with Crippen LogP contribution in [0, 0.1) is 0 Å². The molecule has 0 fully saturated rings. The monoisotopic (exact) mass is 440 g/mol. The second-order valence-corrected chi connectivity index (χ2v) is 8.69. The Hall–Kier alpha value is -3.04. The van der Waals surface area contributed by atoms with E-state index < -0.39 is 0 Å². The molecule has 0 bridgehead atoms. The lowest BCUT2D eigenvalue weighted by Gasteiger charge is -2.10. The van der Waals surface area contributed by atoms with Gasteiger partial charge in [0, 0.05) is 17.1 Å². The number of amides is 1. The molecule has 30 heavy (non-hydrogen) atoms. The van der Waals surface area contributed by atoms with Crippen molar-refractivity contribution < 1.29 is 13.9 Å². The Kier molecular flexibility index (Phi) is 6.20. The van der Waals surface area contributed by atoms with Gasteiger partial charge in [-0.2, -0.15) is 0 Å². The summed E-state index contributed by atoms with van der Waals surface area (Å²) in [5, 5.41) is 16.1. The van der Waals surface area contributed by atoms with Crippen LogP contribution in [0.15, 0.2) is 63.4 Å². The Bertz CT molecular complexity index is 1120. The predicted molar refractivity (Wildman–Crippen MR) is 120 cm³/mol. The maximum Gasteiger partial charge on any atom is 0.231 e. The van der Waals surface area contributed by atoms with Gasteiger partial charge >= 0.3 is 0 Å². The van der Waals surface area contributed by atoms with Gasteiger partial charge in [-0.1, -0.05) is 47.4 Å². The van der Waals surface area contributed by atoms with E-state index in [1.807, 2.05) is 61.5 Å². The van der Waals surface area contributed by atoms with Gasteiger partial charge in [-0.05, 0) is 31.2 Å². The molecule has 4 aromatic rings. The summed E-state index contributed by atoms with van der Waals surface area (Å²) in [6.45, 7) is 1.90. The Balaban J connectivity index is 1.29. The third kappa shape index (κ3) is 4.92. The lowest BCUT2D eigenvalue weighted by molar-refractivity contribution is -0.119. The summed E-state index contributed by atoms with van der Waals surface area (Å²) in [5.41, 5.74) is 1.67. The zero-order valence-corrected chi connectivity index (χ0v) is 18.0. The standard InChI is InChI=1S/C21H20N4O3S2/c1-13(18-10-14-6-3-4-9-17(14)28-18)22-19(26)12-29-21-25-24-20(30-21)23-15-7-5-8-16(11-15)27-2/h3-11,13H,12H2,1-2H3,(H,22,26)(H,23,24)/t13-/m1/s1. The van der Waals surface area contributed by atoms with Crippen molar-refractivity contribution in [3.63, 3.8) is 0 Å². The van der Waals surface area contributed by atoms with Gasteiger partial charge in [0.2, 0.25) is 11.0 Å². The van der Waals surface area contributed by atoms with Gasteiger partial charge in [0.25, 0.3) is 0 Å². The normalized spacial score (nSPS) is 11.9. The Morgan fingerprint density at radius 3 is 2.90 bits per heavy atom. The molecule has 1 amide bonds. The van der Waals surface area contributed by atoms with Crippen LogP contribution in [0.5, 0.6) is 5.75 Å². The number of nitrogens with zero attached hydrogens (tertiary/aromatic N) is 2. The van der Waals surface area contributed by atoms with Crippen molar-refractivity contribution in [3.8, 4) is 5.75 Å². The van der Waals surface area contributed by atoms with Crippen LogP contribution in [-0.4, -0.2) is 29.0 Å². The van der Waals surface area contributed by atoms with Crippen molar-refractivity contribution >= 4 is 50.8 Å². The second kappa shape index (κ2) is 9.19. The third-order valence-electron chi connectivity index (χ3n) is 4.30. The summed E-state index contributed by atoms with van der Waals surface area (Å²) in [7, 11) is 1.62. The van der Waals surface area contributed by atoms with E-state index in [9.17, 15) is 4.79 Å². The Morgan fingerprint density at radius 1 is 1.20 bits per heavy atom. The molecule has 154 valence electrons. The maximum absolute atomic E-state index is 12.3. The van der Waals surface area contributed by atoms with Crippen LogP contribution in [0.2, 0.25) is 0 Å². The molecule has 0 aliphatic carbocycles. The van der Waals surface area contributed by atoms with Crippen molar-refractivity contribution in [2.24, 2.45) is 0 Å². The molecule has 0 unspecified atom stereocenters. The van der Waals surface area contributed by atoms with Crippen LogP contribution < -0.4 is 15.4 Å². The average molecular weight is 441 g/mol. The number of para-hydroxylation sites is 1. The number of aromatic nitrogens is 2. The molecule has 2 aromatic heterocycles. The first-order valence-corrected chi connectivity index (χ1v) is 11.1. The predicted octanol–water partition coefficient (Wildman–Crippen LogP) is 5.01. The molecular weight excluding hydrogens is 420 g/mol. The van der Waals surface area contributed by atoms with E-state index >= 15 is 0 Å². The number of benzene rings is 2. The fourth-order valence-electron chi connectivity index (χ4n) is 2.84. The first kappa shape index (κ1) is 20.2. The van der Waals surface area contributed by atoms with Gasteiger partial charge in [0.1, 0.15) is 17.1 Å². The molecule has 0 aliphatic heterocycles. The van der Waals surface area contributed by atoms with Crippen LogP contribution in [0.3, 0.4) is 0 Å². The SMILES string of the molecule is COc1cccc(Nc2nnc(SCC(=O)N[C@H](C)c3cc4ccccc4o3)s2)c1. The lowest BCUT2D eigenvalue weighted by atomic mass is 10.2. The molecule has 0 spiro atoms. The van der Waals surface area contributed by atoms with E-state index in [4.69, 9.17) is 9.15 Å². The third-order valence-corrected chi connectivity index (χ3v) is 6.28. The summed E-state index contributed by atoms with van der Waals surface area (Å²) in [6.07, 6.45) is 0. The number of fused-ring (bicyclic) bond motifs is 1. The highest BCUT2D eigenvalue weighted by molar-refractivity contribution is 8.01. The summed E-state index contributed by atoms with van der Waals surface area (Å²) in [5.74, 6) is 1.65. The van der Waals surface area contributed by atoms with Gasteiger partial charge < -0.3 is 19.8 Å². The molecule has 0 saturated carbocycles. The van der Waals surface area contributed by atoms with Crippen LogP contribution in [0.1, 0.15) is 18.7 Å². The topological polar surface area (TPSA) is 89.3 Å². The van der Waals surface area contributed by atoms with E-state index in [0.717, 1.165) is 28.2 Å². The molecule has 2 N–H and O–H groups in total. The number of hydrogen-bond acceptors (Lipinski definition) is 8. The summed E-state index contributed by atoms with van der Waals surface area (Å²) >= 11 is 2.74. The van der Waals surface area contributed by atoms with Crippen LogP contribution in [0.4, 0.5) is 10.8 Å². The average Bonchev–Trinajstić information content (AvgIpc) is 3.39. The molecule has 0 radical (unpaired) electrons. The van der Waals surface area contributed by atoms with Crippen molar-refractivity contribution in [3.05, 3.63) is 60.4 Å². The molecule has 0 aliphatic rings. The maximum atomic E-state index is 12.3. The molecule has 0 saturated heterocycles. The van der Waals surface area contributed by atoms with E-state index in [1.54, 1.807) is 7.11 Å². The fourth-order valence-corrected chi connectivity index (χ4v) is 4.42. The quantitative estimate of drug-likeness (QED) is 0.372. The molecule has 7 nitrogen and oxygen atoms in total. The smallest absolute Gasteiger partial charge is 0.231 e. The minimum absolute atomic E-state index is 0.0922. The Labute approximate surface area is 181 Å². The van der Waals surface area contributed by atoms with Crippen molar-refractivity contribution in [1.29, 1.82) is 0 Å². The number of carbonyl (C=O) groups excluding carboxylic acids is 1. The van der Waals surface area contributed by atoms with Gasteiger partial charge in [-0.3, -0.25) is 4.79 Å². The number of anilines is 2.